The van der Waals surface area contributed by atoms with Gasteiger partial charge < -0.3 is 5.11 Å². The van der Waals surface area contributed by atoms with Gasteiger partial charge in [-0.05, 0) is 37.0 Å². The van der Waals surface area contributed by atoms with Gasteiger partial charge in [-0.25, -0.2) is 0 Å². The number of benzene rings is 1. The second-order valence-electron chi connectivity index (χ2n) is 5.65. The number of amides is 2. The van der Waals surface area contributed by atoms with Crippen LogP contribution in [0.5, 0.6) is 0 Å². The van der Waals surface area contributed by atoms with E-state index in [0.29, 0.717) is 12.1 Å². The standard InChI is InChI=1S/C16H19NO3/c18-10-9-11-5-7-12(8-6-11)17-15(19)13-3-1-2-4-14(13)16(17)20/h5-8,13-14,18H,1-4,9-10H2. The maximum absolute atomic E-state index is 12.4. The van der Waals surface area contributed by atoms with Crippen molar-refractivity contribution < 1.29 is 14.7 Å². The van der Waals surface area contributed by atoms with Gasteiger partial charge >= 0.3 is 0 Å². The largest absolute Gasteiger partial charge is 0.396 e. The molecule has 1 heterocycles. The van der Waals surface area contributed by atoms with Gasteiger partial charge in [0.1, 0.15) is 0 Å². The minimum absolute atomic E-state index is 0.0328. The lowest BCUT2D eigenvalue weighted by Crippen LogP contribution is -2.30. The molecule has 0 spiro atoms. The number of carbonyl (C=O) groups excluding carboxylic acids is 2. The Morgan fingerprint density at radius 1 is 1.00 bits per heavy atom. The highest BCUT2D eigenvalue weighted by Gasteiger charge is 2.48. The molecule has 1 aliphatic carbocycles. The van der Waals surface area contributed by atoms with E-state index in [1.807, 2.05) is 12.1 Å². The summed E-state index contributed by atoms with van der Waals surface area (Å²) in [4.78, 5) is 26.2. The van der Waals surface area contributed by atoms with Gasteiger partial charge in [-0.2, -0.15) is 0 Å². The van der Waals surface area contributed by atoms with Gasteiger partial charge in [-0.3, -0.25) is 14.5 Å². The molecular weight excluding hydrogens is 254 g/mol. The average Bonchev–Trinajstić information content (AvgIpc) is 2.73. The van der Waals surface area contributed by atoms with E-state index in [2.05, 4.69) is 0 Å². The maximum atomic E-state index is 12.4. The van der Waals surface area contributed by atoms with Gasteiger partial charge in [0.05, 0.1) is 17.5 Å². The van der Waals surface area contributed by atoms with Crippen LogP contribution in [0, 0.1) is 11.8 Å². The molecule has 2 amide bonds. The third-order valence-corrected chi connectivity index (χ3v) is 4.44. The lowest BCUT2D eigenvalue weighted by molar-refractivity contribution is -0.122. The van der Waals surface area contributed by atoms with Crippen LogP contribution >= 0.6 is 0 Å². The molecule has 1 aromatic rings. The number of aliphatic hydroxyl groups is 1. The summed E-state index contributed by atoms with van der Waals surface area (Å²) >= 11 is 0. The van der Waals surface area contributed by atoms with Crippen molar-refractivity contribution in [3.05, 3.63) is 29.8 Å². The third kappa shape index (κ3) is 2.14. The first-order valence-corrected chi connectivity index (χ1v) is 7.30. The highest BCUT2D eigenvalue weighted by atomic mass is 16.3. The van der Waals surface area contributed by atoms with Gasteiger partial charge in [0.25, 0.3) is 0 Å². The van der Waals surface area contributed by atoms with E-state index in [4.69, 9.17) is 5.11 Å². The summed E-state index contributed by atoms with van der Waals surface area (Å²) in [6.45, 7) is 0.102. The molecule has 106 valence electrons. The monoisotopic (exact) mass is 273 g/mol. The number of hydrogen-bond acceptors (Lipinski definition) is 3. The first-order valence-electron chi connectivity index (χ1n) is 7.30. The summed E-state index contributed by atoms with van der Waals surface area (Å²) in [5, 5.41) is 8.91. The molecule has 0 bridgehead atoms. The van der Waals surface area contributed by atoms with E-state index < -0.39 is 0 Å². The number of anilines is 1. The molecule has 2 fully saturated rings. The van der Waals surface area contributed by atoms with Crippen LogP contribution in [0.1, 0.15) is 31.2 Å². The van der Waals surface area contributed by atoms with Crippen molar-refractivity contribution in [2.24, 2.45) is 11.8 Å². The van der Waals surface area contributed by atoms with E-state index in [9.17, 15) is 9.59 Å². The van der Waals surface area contributed by atoms with Crippen LogP contribution in [0.25, 0.3) is 0 Å². The van der Waals surface area contributed by atoms with Crippen molar-refractivity contribution in [1.82, 2.24) is 0 Å². The van der Waals surface area contributed by atoms with Gasteiger partial charge in [-0.15, -0.1) is 0 Å². The Kier molecular flexibility index (Phi) is 3.57. The second kappa shape index (κ2) is 5.37. The predicted octanol–water partition coefficient (Wildman–Crippen LogP) is 1.90. The van der Waals surface area contributed by atoms with E-state index in [-0.39, 0.29) is 30.3 Å². The minimum Gasteiger partial charge on any atom is -0.396 e. The maximum Gasteiger partial charge on any atom is 0.237 e. The summed E-state index contributed by atoms with van der Waals surface area (Å²) < 4.78 is 0. The number of rotatable bonds is 3. The SMILES string of the molecule is O=C1C2CCCCC2C(=O)N1c1ccc(CCO)cc1. The Bertz CT molecular complexity index is 499. The molecule has 1 saturated heterocycles. The van der Waals surface area contributed by atoms with E-state index >= 15 is 0 Å². The van der Waals surface area contributed by atoms with Crippen LogP contribution in [0.15, 0.2) is 24.3 Å². The van der Waals surface area contributed by atoms with Gasteiger partial charge in [-0.1, -0.05) is 25.0 Å². The average molecular weight is 273 g/mol. The third-order valence-electron chi connectivity index (χ3n) is 4.44. The van der Waals surface area contributed by atoms with Crippen LogP contribution in [-0.2, 0) is 16.0 Å². The van der Waals surface area contributed by atoms with Gasteiger partial charge in [0, 0.05) is 6.61 Å². The number of hydrogen-bond donors (Lipinski definition) is 1. The Morgan fingerprint density at radius 3 is 2.05 bits per heavy atom. The van der Waals surface area contributed by atoms with Crippen molar-refractivity contribution in [1.29, 1.82) is 0 Å². The van der Waals surface area contributed by atoms with Crippen LogP contribution in [0.4, 0.5) is 5.69 Å². The number of imide groups is 1. The van der Waals surface area contributed by atoms with Gasteiger partial charge in [0.15, 0.2) is 0 Å². The van der Waals surface area contributed by atoms with Crippen molar-refractivity contribution in [3.63, 3.8) is 0 Å². The molecule has 1 aliphatic heterocycles. The Hall–Kier alpha value is -1.68. The Morgan fingerprint density at radius 2 is 1.55 bits per heavy atom. The molecule has 2 aliphatic rings. The first kappa shape index (κ1) is 13.3. The van der Waals surface area contributed by atoms with Crippen molar-refractivity contribution in [2.75, 3.05) is 11.5 Å². The van der Waals surface area contributed by atoms with E-state index in [1.165, 1.54) is 4.90 Å². The topological polar surface area (TPSA) is 57.6 Å². The zero-order chi connectivity index (χ0) is 14.1. The lowest BCUT2D eigenvalue weighted by atomic mass is 9.81. The lowest BCUT2D eigenvalue weighted by Gasteiger charge is -2.19. The molecule has 1 aromatic carbocycles. The molecule has 2 atom stereocenters. The molecule has 0 aromatic heterocycles. The van der Waals surface area contributed by atoms with Crippen LogP contribution in [0.2, 0.25) is 0 Å². The first-order chi connectivity index (χ1) is 9.72. The van der Waals surface area contributed by atoms with E-state index in [1.54, 1.807) is 12.1 Å². The highest BCUT2D eigenvalue weighted by Crippen LogP contribution is 2.39. The molecule has 3 rings (SSSR count). The summed E-state index contributed by atoms with van der Waals surface area (Å²) in [7, 11) is 0. The highest BCUT2D eigenvalue weighted by molar-refractivity contribution is 6.22. The smallest absolute Gasteiger partial charge is 0.237 e. The van der Waals surface area contributed by atoms with Crippen molar-refractivity contribution in [3.8, 4) is 0 Å². The second-order valence-corrected chi connectivity index (χ2v) is 5.65. The minimum atomic E-state index is -0.103. The van der Waals surface area contributed by atoms with Crippen LogP contribution in [-0.4, -0.2) is 23.5 Å². The normalized spacial score (nSPS) is 25.9. The van der Waals surface area contributed by atoms with E-state index in [0.717, 1.165) is 31.2 Å². The molecule has 0 radical (unpaired) electrons. The summed E-state index contributed by atoms with van der Waals surface area (Å²) in [6, 6.07) is 7.35. The number of aliphatic hydroxyl groups excluding tert-OH is 1. The molecular formula is C16H19NO3. The molecule has 2 unspecified atom stereocenters. The van der Waals surface area contributed by atoms with Crippen LogP contribution < -0.4 is 4.90 Å². The number of carbonyl (C=O) groups is 2. The van der Waals surface area contributed by atoms with Gasteiger partial charge in [0.2, 0.25) is 11.8 Å². The molecule has 1 saturated carbocycles. The zero-order valence-corrected chi connectivity index (χ0v) is 11.4. The fourth-order valence-electron chi connectivity index (χ4n) is 3.36. The molecule has 1 N–H and O–H groups in total. The Balaban J connectivity index is 1.85. The summed E-state index contributed by atoms with van der Waals surface area (Å²) in [5.41, 5.74) is 1.67. The predicted molar refractivity (Wildman–Crippen MR) is 75.2 cm³/mol. The quantitative estimate of drug-likeness (QED) is 0.856. The van der Waals surface area contributed by atoms with Crippen molar-refractivity contribution in [2.45, 2.75) is 32.1 Å². The van der Waals surface area contributed by atoms with Crippen LogP contribution in [0.3, 0.4) is 0 Å². The number of fused-ring (bicyclic) bond motifs is 1. The summed E-state index contributed by atoms with van der Waals surface area (Å²) in [5.74, 6) is -0.272. The zero-order valence-electron chi connectivity index (χ0n) is 11.4. The fraction of sp³-hybridized carbons (Fsp3) is 0.500. The molecule has 4 heteroatoms. The molecule has 4 nitrogen and oxygen atoms in total. The Labute approximate surface area is 118 Å². The van der Waals surface area contributed by atoms with Crippen molar-refractivity contribution >= 4 is 17.5 Å². The fourth-order valence-corrected chi connectivity index (χ4v) is 3.36. The summed E-state index contributed by atoms with van der Waals surface area (Å²) in [6.07, 6.45) is 4.36. The number of nitrogens with zero attached hydrogens (tertiary/aromatic N) is 1. The molecule has 20 heavy (non-hydrogen) atoms.